The molecule has 0 unspecified atom stereocenters. The minimum Gasteiger partial charge on any atom is -0.486 e. The monoisotopic (exact) mass is 449 g/mol. The first kappa shape index (κ1) is 23.3. The van der Waals surface area contributed by atoms with Crippen molar-refractivity contribution in [1.82, 2.24) is 15.5 Å². The lowest BCUT2D eigenvalue weighted by Gasteiger charge is -2.29. The number of carbonyl (C=O) groups excluding carboxylic acids is 1. The number of amides is 1. The van der Waals surface area contributed by atoms with Crippen LogP contribution in [-0.2, 0) is 10.7 Å². The smallest absolute Gasteiger partial charge is 0.310 e. The Hall–Kier alpha value is -3.34. The van der Waals surface area contributed by atoms with E-state index in [0.717, 1.165) is 13.1 Å². The Morgan fingerprint density at radius 1 is 1.31 bits per heavy atom. The number of hydrogen-bond donors (Lipinski definition) is 5. The minimum absolute atomic E-state index is 0.0426. The first-order chi connectivity index (χ1) is 15.2. The number of benzene rings is 1. The molecule has 2 aliphatic rings. The number of para-hydroxylation sites is 1. The van der Waals surface area contributed by atoms with Gasteiger partial charge in [0.05, 0.1) is 17.4 Å². The van der Waals surface area contributed by atoms with E-state index < -0.39 is 24.5 Å². The van der Waals surface area contributed by atoms with Crippen LogP contribution in [0, 0.1) is 0 Å². The lowest BCUT2D eigenvalue weighted by molar-refractivity contribution is -0.117. The molecule has 2 aliphatic heterocycles. The van der Waals surface area contributed by atoms with Gasteiger partial charge in [0.25, 0.3) is 5.91 Å². The van der Waals surface area contributed by atoms with E-state index >= 15 is 0 Å². The molecule has 0 spiro atoms. The molecule has 9 nitrogen and oxygen atoms in total. The van der Waals surface area contributed by atoms with E-state index in [4.69, 9.17) is 21.9 Å². The third-order valence-corrected chi connectivity index (χ3v) is 5.43. The quantitative estimate of drug-likeness (QED) is 0.181. The van der Waals surface area contributed by atoms with E-state index in [0.29, 0.717) is 24.5 Å². The van der Waals surface area contributed by atoms with E-state index in [2.05, 4.69) is 15.6 Å². The summed E-state index contributed by atoms with van der Waals surface area (Å²) in [6.45, 7) is 3.88. The molecular weight excluding hydrogens is 420 g/mol. The predicted octanol–water partition coefficient (Wildman–Crippen LogP) is 0.253. The van der Waals surface area contributed by atoms with Crippen LogP contribution >= 0.6 is 0 Å². The van der Waals surface area contributed by atoms with E-state index in [1.165, 1.54) is 25.3 Å². The highest BCUT2D eigenvalue weighted by Crippen LogP contribution is 2.45. The number of likely N-dealkylation sites (N-methyl/N-ethyl adjacent to an activating group) is 1. The normalized spacial score (nSPS) is 20.2. The zero-order chi connectivity index (χ0) is 23.5. The first-order valence-corrected chi connectivity index (χ1v) is 10.3. The Morgan fingerprint density at radius 3 is 2.66 bits per heavy atom. The fourth-order valence-electron chi connectivity index (χ4n) is 3.63. The van der Waals surface area contributed by atoms with Crippen LogP contribution in [0.3, 0.4) is 0 Å². The molecule has 8 N–H and O–H groups in total. The van der Waals surface area contributed by atoms with Crippen LogP contribution in [0.2, 0.25) is 0 Å². The summed E-state index contributed by atoms with van der Waals surface area (Å²) in [5.74, 6) is -3.15. The van der Waals surface area contributed by atoms with Crippen molar-refractivity contribution < 1.29 is 18.3 Å². The molecule has 0 aromatic heterocycles. The molecule has 2 heterocycles. The molecule has 0 aliphatic carbocycles. The number of halogens is 2. The molecule has 1 aromatic rings. The number of alkyl halides is 2. The number of nitrogens with two attached hydrogens (primary N) is 3. The van der Waals surface area contributed by atoms with Crippen LogP contribution in [-0.4, -0.2) is 56.5 Å². The zero-order valence-electron chi connectivity index (χ0n) is 18.1. The fourth-order valence-corrected chi connectivity index (χ4v) is 3.63. The maximum Gasteiger partial charge on any atom is 0.310 e. The fraction of sp³-hybridized carbons (Fsp3) is 0.429. The number of nitrogens with one attached hydrogen (secondary N) is 2. The van der Waals surface area contributed by atoms with Gasteiger partial charge in [0.15, 0.2) is 6.61 Å². The summed E-state index contributed by atoms with van der Waals surface area (Å²) >= 11 is 0. The second-order valence-corrected chi connectivity index (χ2v) is 7.62. The first-order valence-electron chi connectivity index (χ1n) is 10.3. The summed E-state index contributed by atoms with van der Waals surface area (Å²) in [6.07, 6.45) is 1.52. The Balaban J connectivity index is 1.97. The number of carbonyl (C=O) groups is 1. The van der Waals surface area contributed by atoms with Gasteiger partial charge in [-0.05, 0) is 19.1 Å². The number of aliphatic imine (C=N–C) groups is 1. The number of fused-ring (bicyclic) bond motifs is 1. The molecule has 11 heteroatoms. The number of amidine groups is 1. The van der Waals surface area contributed by atoms with Gasteiger partial charge in [0, 0.05) is 44.4 Å². The summed E-state index contributed by atoms with van der Waals surface area (Å²) in [7, 11) is 1.44. The SMILES string of the molecule is CNC(=O)/C(N)=C(/C=C(\N)N1CCNCC1)C(N)=N[C@H](C)c1cccc2c1OCC2(F)F. The summed E-state index contributed by atoms with van der Waals surface area (Å²) in [5.41, 5.74) is 18.8. The molecule has 0 radical (unpaired) electrons. The van der Waals surface area contributed by atoms with Crippen molar-refractivity contribution in [2.45, 2.75) is 18.9 Å². The molecule has 0 bridgehead atoms. The predicted molar refractivity (Wildman–Crippen MR) is 118 cm³/mol. The summed E-state index contributed by atoms with van der Waals surface area (Å²) in [4.78, 5) is 18.6. The Morgan fingerprint density at radius 2 is 2.00 bits per heavy atom. The van der Waals surface area contributed by atoms with Gasteiger partial charge >= 0.3 is 5.92 Å². The summed E-state index contributed by atoms with van der Waals surface area (Å²) in [6, 6.07) is 3.87. The molecular formula is C21H29F2N7O2. The average Bonchev–Trinajstić information content (AvgIpc) is 3.11. The molecule has 1 saturated heterocycles. The number of ether oxygens (including phenoxy) is 1. The number of hydrogen-bond acceptors (Lipinski definition) is 7. The second kappa shape index (κ2) is 9.43. The Labute approximate surface area is 185 Å². The maximum atomic E-state index is 14.0. The molecule has 0 saturated carbocycles. The third-order valence-electron chi connectivity index (χ3n) is 5.43. The summed E-state index contributed by atoms with van der Waals surface area (Å²) in [5, 5.41) is 5.68. The van der Waals surface area contributed by atoms with Gasteiger partial charge in [-0.25, -0.2) is 0 Å². The second-order valence-electron chi connectivity index (χ2n) is 7.62. The van der Waals surface area contributed by atoms with Crippen LogP contribution in [0.4, 0.5) is 8.78 Å². The highest BCUT2D eigenvalue weighted by molar-refractivity contribution is 6.07. The van der Waals surface area contributed by atoms with Crippen molar-refractivity contribution in [1.29, 1.82) is 0 Å². The molecule has 1 amide bonds. The Bertz CT molecular complexity index is 969. The lowest BCUT2D eigenvalue weighted by Crippen LogP contribution is -2.44. The molecule has 1 atom stereocenters. The molecule has 1 fully saturated rings. The molecule has 32 heavy (non-hydrogen) atoms. The van der Waals surface area contributed by atoms with Gasteiger partial charge in [-0.2, -0.15) is 8.78 Å². The minimum atomic E-state index is -3.06. The zero-order valence-corrected chi connectivity index (χ0v) is 18.1. The van der Waals surface area contributed by atoms with E-state index in [1.807, 2.05) is 4.90 Å². The van der Waals surface area contributed by atoms with Gasteiger partial charge in [0.2, 0.25) is 0 Å². The van der Waals surface area contributed by atoms with Crippen LogP contribution in [0.15, 0.2) is 46.4 Å². The highest BCUT2D eigenvalue weighted by atomic mass is 19.3. The number of nitrogens with zero attached hydrogens (tertiary/aromatic N) is 2. The number of piperazine rings is 1. The summed E-state index contributed by atoms with van der Waals surface area (Å²) < 4.78 is 33.3. The molecule has 1 aromatic carbocycles. The largest absolute Gasteiger partial charge is 0.486 e. The molecule has 3 rings (SSSR count). The number of rotatable bonds is 6. The van der Waals surface area contributed by atoms with Crippen molar-refractivity contribution in [2.75, 3.05) is 39.8 Å². The van der Waals surface area contributed by atoms with Gasteiger partial charge in [-0.3, -0.25) is 9.79 Å². The van der Waals surface area contributed by atoms with Gasteiger partial charge in [-0.15, -0.1) is 0 Å². The van der Waals surface area contributed by atoms with E-state index in [1.54, 1.807) is 13.0 Å². The van der Waals surface area contributed by atoms with Crippen LogP contribution < -0.4 is 32.6 Å². The van der Waals surface area contributed by atoms with E-state index in [-0.39, 0.29) is 28.4 Å². The van der Waals surface area contributed by atoms with Gasteiger partial charge in [-0.1, -0.05) is 12.1 Å². The van der Waals surface area contributed by atoms with Gasteiger partial charge in [0.1, 0.15) is 17.3 Å². The van der Waals surface area contributed by atoms with Crippen molar-refractivity contribution >= 4 is 11.7 Å². The van der Waals surface area contributed by atoms with E-state index in [9.17, 15) is 13.6 Å². The third kappa shape index (κ3) is 4.77. The van der Waals surface area contributed by atoms with Crippen molar-refractivity contribution in [3.8, 4) is 5.75 Å². The van der Waals surface area contributed by atoms with Crippen LogP contribution in [0.1, 0.15) is 24.1 Å². The average molecular weight is 450 g/mol. The lowest BCUT2D eigenvalue weighted by atomic mass is 10.0. The standard InChI is InChI=1S/C21H29F2N7O2/c1-12(13-4-3-5-15-18(13)32-11-21(15,22)23)29-19(26)14(17(25)20(31)27-2)10-16(24)30-8-6-28-7-9-30/h3-5,10,12,28H,6-9,11,24-25H2,1-2H3,(H2,26,29)(H,27,31)/b16-10+,17-14+/t12-/m1/s1. The van der Waals surface area contributed by atoms with Crippen LogP contribution in [0.25, 0.3) is 0 Å². The molecule has 174 valence electrons. The maximum absolute atomic E-state index is 14.0. The van der Waals surface area contributed by atoms with Crippen LogP contribution in [0.5, 0.6) is 5.75 Å². The topological polar surface area (TPSA) is 144 Å². The van der Waals surface area contributed by atoms with Crippen molar-refractivity contribution in [3.05, 3.63) is 52.5 Å². The van der Waals surface area contributed by atoms with Crippen molar-refractivity contribution in [2.24, 2.45) is 22.2 Å². The Kier molecular flexibility index (Phi) is 6.87. The van der Waals surface area contributed by atoms with Crippen molar-refractivity contribution in [3.63, 3.8) is 0 Å². The highest BCUT2D eigenvalue weighted by Gasteiger charge is 2.42. The van der Waals surface area contributed by atoms with Gasteiger partial charge < -0.3 is 37.5 Å².